The highest BCUT2D eigenvalue weighted by Crippen LogP contribution is 2.32. The van der Waals surface area contributed by atoms with Gasteiger partial charge in [0.25, 0.3) is 5.91 Å². The maximum absolute atomic E-state index is 13.2. The molecule has 0 aliphatic carbocycles. The number of fused-ring (bicyclic) bond motifs is 1. The number of likely N-dealkylation sites (tertiary alicyclic amines) is 1. The summed E-state index contributed by atoms with van der Waals surface area (Å²) in [6.07, 6.45) is 1.12. The van der Waals surface area contributed by atoms with Crippen LogP contribution in [-0.2, 0) is 0 Å². The minimum Gasteiger partial charge on any atom is -0.334 e. The average molecular weight is 343 g/mol. The Hall–Kier alpha value is -1.84. The molecular weight excluding hydrogens is 320 g/mol. The first-order valence-corrected chi connectivity index (χ1v) is 8.42. The minimum absolute atomic E-state index is 0. The molecule has 0 spiro atoms. The lowest BCUT2D eigenvalue weighted by Crippen LogP contribution is -2.39. The number of amides is 1. The van der Waals surface area contributed by atoms with E-state index >= 15 is 0 Å². The van der Waals surface area contributed by atoms with Gasteiger partial charge in [0.2, 0.25) is 0 Å². The number of nitrogens with zero attached hydrogens (tertiary/aromatic N) is 1. The van der Waals surface area contributed by atoms with Gasteiger partial charge in [-0.1, -0.05) is 42.5 Å². The van der Waals surface area contributed by atoms with Crippen LogP contribution in [0.4, 0.5) is 0 Å². The molecule has 2 aromatic rings. The van der Waals surface area contributed by atoms with Gasteiger partial charge in [0.15, 0.2) is 0 Å². The first-order chi connectivity index (χ1) is 11.3. The molecule has 0 saturated carbocycles. The lowest BCUT2D eigenvalue weighted by atomic mass is 9.95. The Labute approximate surface area is 149 Å². The SMILES string of the molecule is Cc1ccccc1-c1ccccc1C(=O)N1CC[C@H]2CNC[C@H]21.Cl. The van der Waals surface area contributed by atoms with Gasteiger partial charge in [0.05, 0.1) is 0 Å². The zero-order valence-corrected chi connectivity index (χ0v) is 14.7. The summed E-state index contributed by atoms with van der Waals surface area (Å²) in [5, 5.41) is 3.42. The Morgan fingerprint density at radius 2 is 1.75 bits per heavy atom. The van der Waals surface area contributed by atoms with Crippen molar-refractivity contribution in [2.24, 2.45) is 5.92 Å². The van der Waals surface area contributed by atoms with E-state index in [1.165, 1.54) is 5.56 Å². The zero-order chi connectivity index (χ0) is 15.8. The van der Waals surface area contributed by atoms with E-state index in [2.05, 4.69) is 35.3 Å². The van der Waals surface area contributed by atoms with Gasteiger partial charge in [0.1, 0.15) is 0 Å². The van der Waals surface area contributed by atoms with Crippen molar-refractivity contribution in [2.75, 3.05) is 19.6 Å². The average Bonchev–Trinajstić information content (AvgIpc) is 3.18. The van der Waals surface area contributed by atoms with Crippen LogP contribution in [0.3, 0.4) is 0 Å². The first kappa shape index (κ1) is 17.0. The summed E-state index contributed by atoms with van der Waals surface area (Å²) >= 11 is 0. The third-order valence-electron chi connectivity index (χ3n) is 5.30. The van der Waals surface area contributed by atoms with E-state index in [-0.39, 0.29) is 18.3 Å². The highest BCUT2D eigenvalue weighted by molar-refractivity contribution is 6.01. The van der Waals surface area contributed by atoms with E-state index in [0.717, 1.165) is 42.7 Å². The van der Waals surface area contributed by atoms with Gasteiger partial charge in [-0.3, -0.25) is 4.79 Å². The molecule has 2 aliphatic heterocycles. The second-order valence-corrected chi connectivity index (χ2v) is 6.63. The van der Waals surface area contributed by atoms with Gasteiger partial charge >= 0.3 is 0 Å². The largest absolute Gasteiger partial charge is 0.334 e. The molecule has 2 fully saturated rings. The van der Waals surface area contributed by atoms with Crippen molar-refractivity contribution in [3.63, 3.8) is 0 Å². The molecule has 0 bridgehead atoms. The Balaban J connectivity index is 0.00000169. The second kappa shape index (κ2) is 6.96. The van der Waals surface area contributed by atoms with Crippen molar-refractivity contribution in [1.82, 2.24) is 10.2 Å². The van der Waals surface area contributed by atoms with E-state index in [1.807, 2.05) is 30.3 Å². The van der Waals surface area contributed by atoms with Crippen molar-refractivity contribution in [3.05, 3.63) is 59.7 Å². The number of aryl methyl sites for hydroxylation is 1. The molecule has 4 heteroatoms. The van der Waals surface area contributed by atoms with Gasteiger partial charge in [0, 0.05) is 31.2 Å². The van der Waals surface area contributed by atoms with Crippen LogP contribution in [-0.4, -0.2) is 36.5 Å². The zero-order valence-electron chi connectivity index (χ0n) is 13.9. The molecule has 0 aromatic heterocycles. The normalized spacial score (nSPS) is 22.1. The summed E-state index contributed by atoms with van der Waals surface area (Å²) in [5.74, 6) is 0.810. The molecule has 2 atom stereocenters. The van der Waals surface area contributed by atoms with E-state index in [9.17, 15) is 4.79 Å². The number of rotatable bonds is 2. The number of hydrogen-bond donors (Lipinski definition) is 1. The number of hydrogen-bond acceptors (Lipinski definition) is 2. The minimum atomic E-state index is 0. The monoisotopic (exact) mass is 342 g/mol. The standard InChI is InChI=1S/C20H22N2O.ClH/c1-14-6-2-3-7-16(14)17-8-4-5-9-18(17)20(23)22-11-10-15-12-21-13-19(15)22;/h2-9,15,19,21H,10-13H2,1H3;1H/t15-,19+;/m0./s1. The highest BCUT2D eigenvalue weighted by atomic mass is 35.5. The van der Waals surface area contributed by atoms with E-state index in [4.69, 9.17) is 0 Å². The summed E-state index contributed by atoms with van der Waals surface area (Å²) in [6, 6.07) is 16.7. The maximum Gasteiger partial charge on any atom is 0.254 e. The van der Waals surface area contributed by atoms with Gasteiger partial charge < -0.3 is 10.2 Å². The van der Waals surface area contributed by atoms with Gasteiger partial charge in [-0.05, 0) is 42.0 Å². The number of halogens is 1. The Morgan fingerprint density at radius 1 is 1.04 bits per heavy atom. The second-order valence-electron chi connectivity index (χ2n) is 6.63. The number of benzene rings is 2. The molecule has 1 amide bonds. The lowest BCUT2D eigenvalue weighted by molar-refractivity contribution is 0.0738. The number of carbonyl (C=O) groups excluding carboxylic acids is 1. The van der Waals surface area contributed by atoms with Crippen LogP contribution in [0.25, 0.3) is 11.1 Å². The van der Waals surface area contributed by atoms with Crippen molar-refractivity contribution in [2.45, 2.75) is 19.4 Å². The van der Waals surface area contributed by atoms with Crippen LogP contribution in [0.2, 0.25) is 0 Å². The van der Waals surface area contributed by atoms with Crippen molar-refractivity contribution >= 4 is 18.3 Å². The van der Waals surface area contributed by atoms with Gasteiger partial charge in [-0.25, -0.2) is 0 Å². The molecule has 3 nitrogen and oxygen atoms in total. The highest BCUT2D eigenvalue weighted by Gasteiger charge is 2.40. The van der Waals surface area contributed by atoms with E-state index in [1.54, 1.807) is 0 Å². The van der Waals surface area contributed by atoms with Crippen LogP contribution in [0, 0.1) is 12.8 Å². The molecule has 24 heavy (non-hydrogen) atoms. The van der Waals surface area contributed by atoms with Crippen LogP contribution in [0.5, 0.6) is 0 Å². The van der Waals surface area contributed by atoms with Crippen molar-refractivity contribution in [3.8, 4) is 11.1 Å². The van der Waals surface area contributed by atoms with Crippen LogP contribution < -0.4 is 5.32 Å². The lowest BCUT2D eigenvalue weighted by Gasteiger charge is -2.25. The smallest absolute Gasteiger partial charge is 0.254 e. The fraction of sp³-hybridized carbons (Fsp3) is 0.350. The quantitative estimate of drug-likeness (QED) is 0.905. The predicted octanol–water partition coefficient (Wildman–Crippen LogP) is 3.52. The maximum atomic E-state index is 13.2. The Morgan fingerprint density at radius 3 is 2.54 bits per heavy atom. The summed E-state index contributed by atoms with van der Waals surface area (Å²) in [4.78, 5) is 15.3. The number of carbonyl (C=O) groups is 1. The van der Waals surface area contributed by atoms with Gasteiger partial charge in [-0.15, -0.1) is 12.4 Å². The summed E-state index contributed by atoms with van der Waals surface area (Å²) in [5.41, 5.74) is 4.23. The molecular formula is C20H23ClN2O. The molecule has 4 rings (SSSR count). The molecule has 0 unspecified atom stereocenters. The third-order valence-corrected chi connectivity index (χ3v) is 5.30. The number of nitrogens with one attached hydrogen (secondary N) is 1. The van der Waals surface area contributed by atoms with Crippen LogP contribution in [0.1, 0.15) is 22.3 Å². The van der Waals surface area contributed by atoms with Gasteiger partial charge in [-0.2, -0.15) is 0 Å². The molecule has 2 saturated heterocycles. The van der Waals surface area contributed by atoms with Crippen molar-refractivity contribution < 1.29 is 4.79 Å². The topological polar surface area (TPSA) is 32.3 Å². The van der Waals surface area contributed by atoms with E-state index in [0.29, 0.717) is 12.0 Å². The summed E-state index contributed by atoms with van der Waals surface area (Å²) in [6.45, 7) is 4.97. The molecule has 2 aromatic carbocycles. The fourth-order valence-corrected chi connectivity index (χ4v) is 4.04. The third kappa shape index (κ3) is 2.83. The Bertz CT molecular complexity index is 746. The predicted molar refractivity (Wildman–Crippen MR) is 99.7 cm³/mol. The first-order valence-electron chi connectivity index (χ1n) is 8.42. The summed E-state index contributed by atoms with van der Waals surface area (Å²) < 4.78 is 0. The fourth-order valence-electron chi connectivity index (χ4n) is 4.04. The molecule has 126 valence electrons. The molecule has 0 radical (unpaired) electrons. The summed E-state index contributed by atoms with van der Waals surface area (Å²) in [7, 11) is 0. The van der Waals surface area contributed by atoms with E-state index < -0.39 is 0 Å². The molecule has 2 aliphatic rings. The molecule has 1 N–H and O–H groups in total. The molecule has 2 heterocycles. The van der Waals surface area contributed by atoms with Crippen molar-refractivity contribution in [1.29, 1.82) is 0 Å². The van der Waals surface area contributed by atoms with Crippen LogP contribution >= 0.6 is 12.4 Å². The van der Waals surface area contributed by atoms with Crippen LogP contribution in [0.15, 0.2) is 48.5 Å². The Kier molecular flexibility index (Phi) is 4.93.